The van der Waals surface area contributed by atoms with Crippen molar-refractivity contribution in [2.45, 2.75) is 64.0 Å². The van der Waals surface area contributed by atoms with Crippen LogP contribution >= 0.6 is 0 Å². The van der Waals surface area contributed by atoms with Gasteiger partial charge in [-0.05, 0) is 109 Å². The van der Waals surface area contributed by atoms with Crippen LogP contribution in [0.2, 0.25) is 0 Å². The number of nitrogens with two attached hydrogens (primary N) is 2. The first-order valence-electron chi connectivity index (χ1n) is 16.8. The second kappa shape index (κ2) is 18.6. The lowest BCUT2D eigenvalue weighted by Gasteiger charge is -2.18. The number of nitrogens with one attached hydrogen (secondary N) is 1. The fraction of sp³-hybridized carbons (Fsp3) is 0.325. The molecule has 0 spiro atoms. The largest absolute Gasteiger partial charge is 0.508 e. The van der Waals surface area contributed by atoms with Gasteiger partial charge < -0.3 is 36.8 Å². The molecule has 0 aliphatic rings. The smallest absolute Gasteiger partial charge is 0.161 e. The Bertz CT molecular complexity index is 1630. The molecule has 8 N–H and O–H groups in total. The first-order valence-corrected chi connectivity index (χ1v) is 16.8. The van der Waals surface area contributed by atoms with Crippen LogP contribution in [0.5, 0.6) is 23.0 Å². The molecule has 0 heterocycles. The Morgan fingerprint density at radius 1 is 0.833 bits per heavy atom. The Balaban J connectivity index is 1.41. The van der Waals surface area contributed by atoms with Crippen LogP contribution in [0.25, 0.3) is 11.1 Å². The monoisotopic (exact) mass is 651 g/mol. The fourth-order valence-electron chi connectivity index (χ4n) is 5.71. The van der Waals surface area contributed by atoms with E-state index in [1.165, 1.54) is 19.3 Å². The highest BCUT2D eigenvalue weighted by atomic mass is 16.5. The van der Waals surface area contributed by atoms with Crippen molar-refractivity contribution in [1.82, 2.24) is 5.32 Å². The van der Waals surface area contributed by atoms with Gasteiger partial charge in [0.1, 0.15) is 11.5 Å². The van der Waals surface area contributed by atoms with Crippen molar-refractivity contribution in [3.05, 3.63) is 119 Å². The number of ketones is 1. The molecule has 0 radical (unpaired) electrons. The number of aromatic hydroxyl groups is 3. The first kappa shape index (κ1) is 36.2. The maximum Gasteiger partial charge on any atom is 0.161 e. The molecule has 254 valence electrons. The molecule has 8 heteroatoms. The van der Waals surface area contributed by atoms with Crippen LogP contribution in [-0.4, -0.2) is 41.3 Å². The summed E-state index contributed by atoms with van der Waals surface area (Å²) < 4.78 is 6.07. The SMILES string of the molecule is CNCCCCCCC=CC(=O)CCc1ccc(O)c(OCCc2ccc(O)c(Cc3ccc(C(N)N)cc3)c2-c2ccc(O)cc2)c1. The Hall–Kier alpha value is -4.63. The molecule has 48 heavy (non-hydrogen) atoms. The minimum Gasteiger partial charge on any atom is -0.508 e. The molecule has 8 nitrogen and oxygen atoms in total. The van der Waals surface area contributed by atoms with E-state index in [1.54, 1.807) is 36.4 Å². The first-order chi connectivity index (χ1) is 23.2. The second-order valence-electron chi connectivity index (χ2n) is 12.2. The number of rotatable bonds is 19. The van der Waals surface area contributed by atoms with Gasteiger partial charge in [-0.3, -0.25) is 4.79 Å². The predicted octanol–water partition coefficient (Wildman–Crippen LogP) is 6.83. The number of ether oxygens (including phenoxy) is 1. The lowest BCUT2D eigenvalue weighted by atomic mass is 9.89. The summed E-state index contributed by atoms with van der Waals surface area (Å²) in [6.45, 7) is 1.31. The number of aryl methyl sites for hydroxylation is 1. The number of allylic oxidation sites excluding steroid dienone is 2. The summed E-state index contributed by atoms with van der Waals surface area (Å²) in [6, 6.07) is 23.3. The fourth-order valence-corrected chi connectivity index (χ4v) is 5.71. The lowest BCUT2D eigenvalue weighted by Crippen LogP contribution is -2.19. The third kappa shape index (κ3) is 11.0. The van der Waals surface area contributed by atoms with E-state index in [9.17, 15) is 20.1 Å². The highest BCUT2D eigenvalue weighted by molar-refractivity contribution is 5.89. The van der Waals surface area contributed by atoms with Crippen LogP contribution in [0.3, 0.4) is 0 Å². The van der Waals surface area contributed by atoms with E-state index in [-0.39, 0.29) is 29.6 Å². The van der Waals surface area contributed by atoms with Crippen LogP contribution in [0.15, 0.2) is 91.0 Å². The summed E-state index contributed by atoms with van der Waals surface area (Å²) in [6.07, 6.45) is 10.5. The quantitative estimate of drug-likeness (QED) is 0.0367. The Labute approximate surface area is 284 Å². The number of unbranched alkanes of at least 4 members (excludes halogenated alkanes) is 4. The van der Waals surface area contributed by atoms with Crippen LogP contribution in [0, 0.1) is 0 Å². The van der Waals surface area contributed by atoms with Crippen molar-refractivity contribution >= 4 is 5.78 Å². The summed E-state index contributed by atoms with van der Waals surface area (Å²) in [7, 11) is 1.97. The average Bonchev–Trinajstić information content (AvgIpc) is 3.08. The van der Waals surface area contributed by atoms with Gasteiger partial charge in [0.15, 0.2) is 17.3 Å². The summed E-state index contributed by atoms with van der Waals surface area (Å²) in [5.74, 6) is 0.794. The van der Waals surface area contributed by atoms with Gasteiger partial charge in [-0.25, -0.2) is 0 Å². The summed E-state index contributed by atoms with van der Waals surface area (Å²) in [4.78, 5) is 12.4. The Kier molecular flexibility index (Phi) is 14.1. The molecule has 4 aromatic rings. The minimum atomic E-state index is -0.564. The molecule has 0 unspecified atom stereocenters. The normalized spacial score (nSPS) is 11.4. The van der Waals surface area contributed by atoms with Crippen LogP contribution in [-0.2, 0) is 24.1 Å². The van der Waals surface area contributed by atoms with Crippen molar-refractivity contribution in [1.29, 1.82) is 0 Å². The minimum absolute atomic E-state index is 0.0329. The van der Waals surface area contributed by atoms with Gasteiger partial charge in [0, 0.05) is 24.8 Å². The van der Waals surface area contributed by atoms with Gasteiger partial charge in [0.2, 0.25) is 0 Å². The van der Waals surface area contributed by atoms with E-state index < -0.39 is 6.17 Å². The molecular weight excluding hydrogens is 602 g/mol. The molecule has 0 fully saturated rings. The summed E-state index contributed by atoms with van der Waals surface area (Å²) >= 11 is 0. The van der Waals surface area contributed by atoms with E-state index >= 15 is 0 Å². The average molecular weight is 652 g/mol. The van der Waals surface area contributed by atoms with Crippen molar-refractivity contribution in [3.63, 3.8) is 0 Å². The number of phenolic OH excluding ortho intramolecular Hbond substituents is 3. The van der Waals surface area contributed by atoms with Crippen molar-refractivity contribution in [3.8, 4) is 34.1 Å². The highest BCUT2D eigenvalue weighted by Gasteiger charge is 2.17. The van der Waals surface area contributed by atoms with E-state index in [0.29, 0.717) is 31.4 Å². The van der Waals surface area contributed by atoms with E-state index in [1.807, 2.05) is 61.7 Å². The second-order valence-corrected chi connectivity index (χ2v) is 12.2. The zero-order valence-electron chi connectivity index (χ0n) is 27.8. The number of carbonyl (C=O) groups is 1. The molecule has 0 aromatic heterocycles. The molecular formula is C40H49N3O5. The summed E-state index contributed by atoms with van der Waals surface area (Å²) in [5, 5.41) is 34.6. The number of phenols is 3. The van der Waals surface area contributed by atoms with Crippen LogP contribution < -0.4 is 21.5 Å². The number of benzene rings is 4. The highest BCUT2D eigenvalue weighted by Crippen LogP contribution is 2.37. The molecule has 0 bridgehead atoms. The molecule has 4 rings (SSSR count). The maximum atomic E-state index is 12.4. The predicted molar refractivity (Wildman–Crippen MR) is 192 cm³/mol. The molecule has 0 aliphatic carbocycles. The number of hydrogen-bond donors (Lipinski definition) is 6. The number of hydrogen-bond acceptors (Lipinski definition) is 8. The van der Waals surface area contributed by atoms with Crippen molar-refractivity contribution in [2.24, 2.45) is 11.5 Å². The van der Waals surface area contributed by atoms with Crippen molar-refractivity contribution < 1.29 is 24.9 Å². The Morgan fingerprint density at radius 3 is 2.27 bits per heavy atom. The Morgan fingerprint density at radius 2 is 1.54 bits per heavy atom. The molecule has 0 aliphatic heterocycles. The van der Waals surface area contributed by atoms with Gasteiger partial charge in [-0.15, -0.1) is 0 Å². The van der Waals surface area contributed by atoms with Gasteiger partial charge >= 0.3 is 0 Å². The maximum absolute atomic E-state index is 12.4. The van der Waals surface area contributed by atoms with Crippen molar-refractivity contribution in [2.75, 3.05) is 20.2 Å². The van der Waals surface area contributed by atoms with Gasteiger partial charge in [-0.1, -0.05) is 67.4 Å². The third-order valence-electron chi connectivity index (χ3n) is 8.44. The third-order valence-corrected chi connectivity index (χ3v) is 8.44. The van der Waals surface area contributed by atoms with Crippen LogP contribution in [0.4, 0.5) is 0 Å². The van der Waals surface area contributed by atoms with Gasteiger partial charge in [0.25, 0.3) is 0 Å². The van der Waals surface area contributed by atoms with E-state index in [0.717, 1.165) is 58.3 Å². The van der Waals surface area contributed by atoms with Crippen LogP contribution in [0.1, 0.15) is 72.5 Å². The van der Waals surface area contributed by atoms with E-state index in [2.05, 4.69) is 5.32 Å². The zero-order chi connectivity index (χ0) is 34.3. The lowest BCUT2D eigenvalue weighted by molar-refractivity contribution is -0.114. The van der Waals surface area contributed by atoms with Gasteiger partial charge in [0.05, 0.1) is 12.8 Å². The topological polar surface area (TPSA) is 151 Å². The number of carbonyl (C=O) groups excluding carboxylic acids is 1. The van der Waals surface area contributed by atoms with Gasteiger partial charge in [-0.2, -0.15) is 0 Å². The zero-order valence-corrected chi connectivity index (χ0v) is 27.8. The molecule has 0 atom stereocenters. The molecule has 4 aromatic carbocycles. The standard InChI is InChI=1S/C40H49N3O5/c1-43-24-7-5-3-2-4-6-8-33(44)18-11-29-12-21-37(47)38(27-29)48-25-23-31-17-22-36(46)35(39(31)30-15-19-34(45)20-16-30)26-28-9-13-32(14-10-28)40(41)42/h6,8-10,12-17,19-22,27,40,43,45-47H,2-5,7,11,18,23-26,41-42H2,1H3. The van der Waals surface area contributed by atoms with E-state index in [4.69, 9.17) is 16.2 Å². The molecule has 0 amide bonds. The summed E-state index contributed by atoms with van der Waals surface area (Å²) in [5.41, 5.74) is 17.7. The molecule has 0 saturated carbocycles. The molecule has 0 saturated heterocycles.